The summed E-state index contributed by atoms with van der Waals surface area (Å²) in [5, 5.41) is 1.60. The quantitative estimate of drug-likeness (QED) is 0.0964. The number of unbranched alkanes of at least 4 members (excludes halogenated alkanes) is 11. The molecule has 1 nitrogen and oxygen atoms in total. The van der Waals surface area contributed by atoms with Crippen LogP contribution in [0.25, 0.3) is 0 Å². The summed E-state index contributed by atoms with van der Waals surface area (Å²) in [4.78, 5) is 0. The summed E-state index contributed by atoms with van der Waals surface area (Å²) >= 11 is 31.3. The van der Waals surface area contributed by atoms with Crippen molar-refractivity contribution in [2.45, 2.75) is 90.5 Å². The molecule has 0 aliphatic heterocycles. The number of hydrogen-bond donors (Lipinski definition) is 0. The number of rotatable bonds is 15. The van der Waals surface area contributed by atoms with Gasteiger partial charge in [-0.15, -0.1) is 0 Å². The summed E-state index contributed by atoms with van der Waals surface area (Å²) in [5.41, 5.74) is 0.775. The average molecular weight is 505 g/mol. The Hall–Kier alpha value is 0.630. The van der Waals surface area contributed by atoms with Crippen molar-refractivity contribution < 1.29 is 4.48 Å². The first-order chi connectivity index (χ1) is 13.7. The Balaban J connectivity index is 2.27. The topological polar surface area (TPSA) is 0 Å². The first kappa shape index (κ1) is 27.7. The highest BCUT2D eigenvalue weighted by molar-refractivity contribution is 6.55. The smallest absolute Gasteiger partial charge is 0.107 e. The third-order valence-electron chi connectivity index (χ3n) is 5.50. The summed E-state index contributed by atoms with van der Waals surface area (Å²) in [5.74, 6) is 0. The van der Waals surface area contributed by atoms with Gasteiger partial charge in [0.05, 0.1) is 45.8 Å². The molecule has 0 radical (unpaired) electrons. The minimum atomic E-state index is 0.221. The zero-order valence-electron chi connectivity index (χ0n) is 18.2. The van der Waals surface area contributed by atoms with Crippen LogP contribution in [-0.2, 0) is 6.54 Å². The maximum Gasteiger partial charge on any atom is 0.107 e. The fraction of sp³-hybridized carbons (Fsp3) is 0.739. The lowest BCUT2D eigenvalue weighted by Gasteiger charge is -2.31. The van der Waals surface area contributed by atoms with Crippen LogP contribution < -0.4 is 0 Å². The average Bonchev–Trinajstić information content (AvgIpc) is 2.69. The van der Waals surface area contributed by atoms with Gasteiger partial charge < -0.3 is 4.48 Å². The molecule has 0 unspecified atom stereocenters. The van der Waals surface area contributed by atoms with Gasteiger partial charge in [0, 0.05) is 5.56 Å². The number of hydrogen-bond acceptors (Lipinski definition) is 0. The van der Waals surface area contributed by atoms with Gasteiger partial charge >= 0.3 is 0 Å². The third kappa shape index (κ3) is 10.2. The zero-order valence-corrected chi connectivity index (χ0v) is 22.0. The SMILES string of the molecule is CCCCCCCCCCCCCC[N+](C)(C)Cc1c(Cl)c(Cl)c(Cl)c(Cl)c1Cl. The molecule has 0 heterocycles. The lowest BCUT2D eigenvalue weighted by Crippen LogP contribution is -2.39. The predicted molar refractivity (Wildman–Crippen MR) is 133 cm³/mol. The first-order valence-corrected chi connectivity index (χ1v) is 12.9. The molecule has 0 spiro atoms. The predicted octanol–water partition coefficient (Wildman–Crippen LogP) is 10.2. The second-order valence-corrected chi connectivity index (χ2v) is 10.6. The Labute approximate surface area is 203 Å². The molecule has 0 aliphatic carbocycles. The van der Waals surface area contributed by atoms with Gasteiger partial charge in [-0.05, 0) is 12.8 Å². The van der Waals surface area contributed by atoms with Crippen molar-refractivity contribution in [2.24, 2.45) is 0 Å². The number of halogens is 5. The van der Waals surface area contributed by atoms with Crippen molar-refractivity contribution in [3.8, 4) is 0 Å². The van der Waals surface area contributed by atoms with Crippen LogP contribution in [-0.4, -0.2) is 25.1 Å². The minimum absolute atomic E-state index is 0.221. The summed E-state index contributed by atoms with van der Waals surface area (Å²) in [7, 11) is 4.36. The second-order valence-electron chi connectivity index (χ2n) is 8.76. The molecule has 0 atom stereocenters. The van der Waals surface area contributed by atoms with E-state index in [-0.39, 0.29) is 15.1 Å². The molecule has 0 saturated heterocycles. The van der Waals surface area contributed by atoms with Gasteiger partial charge in [-0.1, -0.05) is 129 Å². The molecule has 0 amide bonds. The van der Waals surface area contributed by atoms with E-state index in [2.05, 4.69) is 21.0 Å². The zero-order chi connectivity index (χ0) is 21.9. The molecule has 0 saturated carbocycles. The van der Waals surface area contributed by atoms with E-state index in [1.165, 1.54) is 77.0 Å². The fourth-order valence-electron chi connectivity index (χ4n) is 3.68. The summed E-state index contributed by atoms with van der Waals surface area (Å²) < 4.78 is 0.783. The van der Waals surface area contributed by atoms with Crippen LogP contribution in [0.15, 0.2) is 0 Å². The van der Waals surface area contributed by atoms with Crippen LogP contribution in [0, 0.1) is 0 Å². The number of quaternary nitrogens is 1. The van der Waals surface area contributed by atoms with Gasteiger partial charge in [0.1, 0.15) is 6.54 Å². The van der Waals surface area contributed by atoms with Crippen molar-refractivity contribution in [3.05, 3.63) is 30.7 Å². The highest BCUT2D eigenvalue weighted by atomic mass is 35.5. The van der Waals surface area contributed by atoms with Crippen molar-refractivity contribution in [1.82, 2.24) is 0 Å². The molecule has 29 heavy (non-hydrogen) atoms. The van der Waals surface area contributed by atoms with E-state index in [0.29, 0.717) is 16.6 Å². The van der Waals surface area contributed by atoms with E-state index in [1.54, 1.807) is 0 Å². The standard InChI is InChI=1S/C23H37Cl5N/c1-4-5-6-7-8-9-10-11-12-13-14-15-16-29(2,3)17-18-19(24)21(26)23(28)22(27)20(18)25/h4-17H2,1-3H3/q+1. The maximum atomic E-state index is 6.39. The van der Waals surface area contributed by atoms with Gasteiger partial charge in [-0.2, -0.15) is 0 Å². The van der Waals surface area contributed by atoms with Crippen molar-refractivity contribution in [2.75, 3.05) is 20.6 Å². The van der Waals surface area contributed by atoms with Crippen LogP contribution >= 0.6 is 58.0 Å². The summed E-state index contributed by atoms with van der Waals surface area (Å²) in [6.07, 6.45) is 16.3. The maximum absolute atomic E-state index is 6.39. The Kier molecular flexibility index (Phi) is 14.0. The van der Waals surface area contributed by atoms with Crippen LogP contribution in [0.5, 0.6) is 0 Å². The molecule has 1 aromatic carbocycles. The Morgan fingerprint density at radius 2 is 0.862 bits per heavy atom. The van der Waals surface area contributed by atoms with Crippen molar-refractivity contribution in [1.29, 1.82) is 0 Å². The van der Waals surface area contributed by atoms with Gasteiger partial charge in [0.15, 0.2) is 0 Å². The molecule has 168 valence electrons. The highest BCUT2D eigenvalue weighted by Gasteiger charge is 2.25. The first-order valence-electron chi connectivity index (χ1n) is 11.0. The summed E-state index contributed by atoms with van der Waals surface area (Å²) in [6, 6.07) is 0. The Bertz CT molecular complexity index is 587. The largest absolute Gasteiger partial charge is 0.325 e. The van der Waals surface area contributed by atoms with Gasteiger partial charge in [-0.25, -0.2) is 0 Å². The molecule has 0 aliphatic rings. The number of benzene rings is 1. The number of nitrogens with zero attached hydrogens (tertiary/aromatic N) is 1. The molecular formula is C23H37Cl5N+. The lowest BCUT2D eigenvalue weighted by atomic mass is 10.1. The van der Waals surface area contributed by atoms with E-state index in [4.69, 9.17) is 58.0 Å². The Morgan fingerprint density at radius 1 is 0.517 bits per heavy atom. The molecule has 0 aromatic heterocycles. The normalized spacial score (nSPS) is 12.0. The molecule has 6 heteroatoms. The van der Waals surface area contributed by atoms with Crippen molar-refractivity contribution in [3.63, 3.8) is 0 Å². The van der Waals surface area contributed by atoms with Gasteiger partial charge in [0.25, 0.3) is 0 Å². The van der Waals surface area contributed by atoms with Crippen molar-refractivity contribution >= 4 is 58.0 Å². The third-order valence-corrected chi connectivity index (χ3v) is 7.86. The van der Waals surface area contributed by atoms with Gasteiger partial charge in [-0.3, -0.25) is 0 Å². The minimum Gasteiger partial charge on any atom is -0.325 e. The van der Waals surface area contributed by atoms with E-state index < -0.39 is 0 Å². The van der Waals surface area contributed by atoms with Gasteiger partial charge in [0.2, 0.25) is 0 Å². The molecular weight excluding hydrogens is 468 g/mol. The molecule has 1 rings (SSSR count). The fourth-order valence-corrected chi connectivity index (χ4v) is 4.97. The second kappa shape index (κ2) is 14.6. The van der Waals surface area contributed by atoms with E-state index in [0.717, 1.165) is 16.6 Å². The summed E-state index contributed by atoms with van der Waals surface area (Å²) in [6.45, 7) is 4.00. The van der Waals surface area contributed by atoms with Crippen LogP contribution in [0.4, 0.5) is 0 Å². The van der Waals surface area contributed by atoms with Crippen LogP contribution in [0.1, 0.15) is 89.5 Å². The van der Waals surface area contributed by atoms with E-state index in [1.807, 2.05) is 0 Å². The molecule has 0 N–H and O–H groups in total. The van der Waals surface area contributed by atoms with E-state index >= 15 is 0 Å². The highest BCUT2D eigenvalue weighted by Crippen LogP contribution is 2.44. The monoisotopic (exact) mass is 502 g/mol. The van der Waals surface area contributed by atoms with Crippen LogP contribution in [0.3, 0.4) is 0 Å². The Morgan fingerprint density at radius 3 is 1.28 bits per heavy atom. The van der Waals surface area contributed by atoms with E-state index in [9.17, 15) is 0 Å². The lowest BCUT2D eigenvalue weighted by molar-refractivity contribution is -0.903. The molecule has 1 aromatic rings. The molecule has 0 bridgehead atoms. The molecule has 0 fully saturated rings. The van der Waals surface area contributed by atoms with Crippen LogP contribution in [0.2, 0.25) is 25.1 Å².